The van der Waals surface area contributed by atoms with Gasteiger partial charge in [0.1, 0.15) is 0 Å². The summed E-state index contributed by atoms with van der Waals surface area (Å²) in [4.78, 5) is 12.2. The molecule has 82 valence electrons. The number of likely N-dealkylation sites (tertiary alicyclic amines) is 1. The topological polar surface area (TPSA) is 40.5 Å². The zero-order chi connectivity index (χ0) is 11.2. The summed E-state index contributed by atoms with van der Waals surface area (Å²) in [6.07, 6.45) is -0.787. The monoisotopic (exact) mass is 207 g/mol. The van der Waals surface area contributed by atoms with Gasteiger partial charge in [-0.15, -0.1) is 0 Å². The van der Waals surface area contributed by atoms with Gasteiger partial charge in [-0.1, -0.05) is 11.8 Å². The van der Waals surface area contributed by atoms with E-state index in [0.29, 0.717) is 30.8 Å². The Labute approximate surface area is 90.5 Å². The normalized spacial score (nSPS) is 33.0. The summed E-state index contributed by atoms with van der Waals surface area (Å²) in [5.41, 5.74) is 0.0589. The minimum absolute atomic E-state index is 0.0589. The molecule has 1 heterocycles. The fraction of sp³-hybridized carbons (Fsp3) is 0.750. The average Bonchev–Trinajstić information content (AvgIpc) is 2.55. The number of nitrogens with zero attached hydrogens (tertiary/aromatic N) is 1. The Morgan fingerprint density at radius 2 is 1.87 bits per heavy atom. The van der Waals surface area contributed by atoms with Crippen molar-refractivity contribution in [1.82, 2.24) is 4.90 Å². The lowest BCUT2D eigenvalue weighted by Gasteiger charge is -2.14. The Morgan fingerprint density at radius 3 is 2.27 bits per heavy atom. The summed E-state index contributed by atoms with van der Waals surface area (Å²) in [5, 5.41) is 8.79. The Morgan fingerprint density at radius 1 is 1.33 bits per heavy atom. The smallest absolute Gasteiger partial charge is 0.407 e. The largest absolute Gasteiger partial charge is 0.465 e. The second-order valence-corrected chi connectivity index (χ2v) is 5.56. The van der Waals surface area contributed by atoms with E-state index in [4.69, 9.17) is 5.11 Å². The summed E-state index contributed by atoms with van der Waals surface area (Å²) in [5.74, 6) is 8.01. The number of carbonyl (C=O) groups is 1. The van der Waals surface area contributed by atoms with Crippen LogP contribution >= 0.6 is 0 Å². The second-order valence-electron chi connectivity index (χ2n) is 5.56. The SMILES string of the molecule is CC(C)(C)C#CC1[C@H]2CN(C(=O)O)C[C@@H]12. The zero-order valence-electron chi connectivity index (χ0n) is 9.45. The highest BCUT2D eigenvalue weighted by Crippen LogP contribution is 2.51. The lowest BCUT2D eigenvalue weighted by Crippen LogP contribution is -2.29. The molecule has 3 nitrogen and oxygen atoms in total. The van der Waals surface area contributed by atoms with Crippen molar-refractivity contribution in [2.75, 3.05) is 13.1 Å². The molecule has 0 aromatic rings. The molecule has 0 aromatic heterocycles. The van der Waals surface area contributed by atoms with Crippen molar-refractivity contribution in [2.24, 2.45) is 23.2 Å². The van der Waals surface area contributed by atoms with E-state index in [1.165, 1.54) is 4.90 Å². The van der Waals surface area contributed by atoms with Crippen LogP contribution in [0.25, 0.3) is 0 Å². The van der Waals surface area contributed by atoms with Gasteiger partial charge in [0, 0.05) is 24.4 Å². The molecule has 1 saturated carbocycles. The number of carboxylic acid groups (broad SMARTS) is 1. The van der Waals surface area contributed by atoms with Crippen LogP contribution in [0, 0.1) is 35.0 Å². The summed E-state index contributed by atoms with van der Waals surface area (Å²) >= 11 is 0. The predicted octanol–water partition coefficient (Wildman–Crippen LogP) is 1.89. The molecular weight excluding hydrogens is 190 g/mol. The van der Waals surface area contributed by atoms with Crippen molar-refractivity contribution in [1.29, 1.82) is 0 Å². The molecule has 1 aliphatic heterocycles. The van der Waals surface area contributed by atoms with Gasteiger partial charge in [0.15, 0.2) is 0 Å². The molecule has 1 saturated heterocycles. The second kappa shape index (κ2) is 3.16. The fourth-order valence-electron chi connectivity index (χ4n) is 2.20. The molecule has 15 heavy (non-hydrogen) atoms. The molecule has 2 aliphatic rings. The maximum Gasteiger partial charge on any atom is 0.407 e. The molecule has 1 unspecified atom stereocenters. The van der Waals surface area contributed by atoms with Gasteiger partial charge in [-0.05, 0) is 32.6 Å². The Balaban J connectivity index is 1.89. The van der Waals surface area contributed by atoms with E-state index in [-0.39, 0.29) is 5.41 Å². The molecule has 0 bridgehead atoms. The number of hydrogen-bond acceptors (Lipinski definition) is 1. The van der Waals surface area contributed by atoms with Gasteiger partial charge in [-0.3, -0.25) is 0 Å². The summed E-state index contributed by atoms with van der Waals surface area (Å²) in [6.45, 7) is 7.66. The maximum absolute atomic E-state index is 10.7. The third-order valence-electron chi connectivity index (χ3n) is 3.08. The van der Waals surface area contributed by atoms with Gasteiger partial charge >= 0.3 is 6.09 Å². The van der Waals surface area contributed by atoms with Gasteiger partial charge in [0.2, 0.25) is 0 Å². The van der Waals surface area contributed by atoms with Gasteiger partial charge in [-0.2, -0.15) is 0 Å². The molecule has 0 spiro atoms. The van der Waals surface area contributed by atoms with Gasteiger partial charge in [0.05, 0.1) is 0 Å². The maximum atomic E-state index is 10.7. The van der Waals surface area contributed by atoms with Crippen LogP contribution in [-0.2, 0) is 0 Å². The third-order valence-corrected chi connectivity index (χ3v) is 3.08. The molecule has 1 aliphatic carbocycles. The van der Waals surface area contributed by atoms with Crippen molar-refractivity contribution < 1.29 is 9.90 Å². The van der Waals surface area contributed by atoms with Gasteiger partial charge in [0.25, 0.3) is 0 Å². The molecule has 1 amide bonds. The Bertz CT molecular complexity index is 333. The lowest BCUT2D eigenvalue weighted by atomic mass is 9.97. The molecule has 0 aromatic carbocycles. The first-order chi connectivity index (χ1) is 6.88. The first kappa shape index (κ1) is 10.4. The summed E-state index contributed by atoms with van der Waals surface area (Å²) in [7, 11) is 0. The first-order valence-corrected chi connectivity index (χ1v) is 5.39. The molecule has 3 heteroatoms. The van der Waals surface area contributed by atoms with E-state index in [9.17, 15) is 4.79 Å². The zero-order valence-corrected chi connectivity index (χ0v) is 9.45. The number of rotatable bonds is 0. The van der Waals surface area contributed by atoms with Crippen LogP contribution in [0.1, 0.15) is 20.8 Å². The van der Waals surface area contributed by atoms with E-state index < -0.39 is 6.09 Å². The number of hydrogen-bond donors (Lipinski definition) is 1. The molecular formula is C12H17NO2. The van der Waals surface area contributed by atoms with Gasteiger partial charge < -0.3 is 10.0 Å². The molecule has 2 rings (SSSR count). The number of piperidine rings is 1. The number of fused-ring (bicyclic) bond motifs is 1. The standard InChI is InChI=1S/C12H17NO2/c1-12(2,3)5-4-8-9-6-13(11(14)15)7-10(8)9/h8-10H,6-7H2,1-3H3,(H,14,15)/t8?,9-,10+. The number of amides is 1. The minimum Gasteiger partial charge on any atom is -0.465 e. The highest BCUT2D eigenvalue weighted by atomic mass is 16.4. The predicted molar refractivity (Wildman–Crippen MR) is 57.3 cm³/mol. The van der Waals surface area contributed by atoms with Crippen LogP contribution < -0.4 is 0 Å². The van der Waals surface area contributed by atoms with Gasteiger partial charge in [-0.25, -0.2) is 4.79 Å². The van der Waals surface area contributed by atoms with E-state index in [1.54, 1.807) is 0 Å². The molecule has 1 N–H and O–H groups in total. The lowest BCUT2D eigenvalue weighted by molar-refractivity contribution is 0.149. The fourth-order valence-corrected chi connectivity index (χ4v) is 2.20. The van der Waals surface area contributed by atoms with Crippen molar-refractivity contribution in [3.8, 4) is 11.8 Å². The van der Waals surface area contributed by atoms with Crippen molar-refractivity contribution in [2.45, 2.75) is 20.8 Å². The van der Waals surface area contributed by atoms with Crippen LogP contribution in [0.15, 0.2) is 0 Å². The van der Waals surface area contributed by atoms with Crippen LogP contribution in [-0.4, -0.2) is 29.2 Å². The van der Waals surface area contributed by atoms with Crippen molar-refractivity contribution in [3.05, 3.63) is 0 Å². The quantitative estimate of drug-likeness (QED) is 0.616. The molecule has 3 atom stereocenters. The van der Waals surface area contributed by atoms with E-state index in [1.807, 2.05) is 0 Å². The Kier molecular flexibility index (Phi) is 2.18. The van der Waals surface area contributed by atoms with Crippen molar-refractivity contribution >= 4 is 6.09 Å². The van der Waals surface area contributed by atoms with Crippen LogP contribution in [0.4, 0.5) is 4.79 Å². The van der Waals surface area contributed by atoms with Crippen LogP contribution in [0.2, 0.25) is 0 Å². The summed E-state index contributed by atoms with van der Waals surface area (Å²) < 4.78 is 0. The average molecular weight is 207 g/mol. The van der Waals surface area contributed by atoms with Crippen molar-refractivity contribution in [3.63, 3.8) is 0 Å². The summed E-state index contributed by atoms with van der Waals surface area (Å²) in [6, 6.07) is 0. The third kappa shape index (κ3) is 2.09. The highest BCUT2D eigenvalue weighted by molar-refractivity contribution is 5.66. The van der Waals surface area contributed by atoms with Crippen LogP contribution in [0.5, 0.6) is 0 Å². The molecule has 2 fully saturated rings. The first-order valence-electron chi connectivity index (χ1n) is 5.39. The van der Waals surface area contributed by atoms with E-state index >= 15 is 0 Å². The van der Waals surface area contributed by atoms with E-state index in [2.05, 4.69) is 32.6 Å². The Hall–Kier alpha value is -1.17. The minimum atomic E-state index is -0.787. The van der Waals surface area contributed by atoms with E-state index in [0.717, 1.165) is 0 Å². The molecule has 0 radical (unpaired) electrons. The highest BCUT2D eigenvalue weighted by Gasteiger charge is 2.56. The van der Waals surface area contributed by atoms with Crippen LogP contribution in [0.3, 0.4) is 0 Å².